The molecule has 7 rings (SSSR count). The van der Waals surface area contributed by atoms with Gasteiger partial charge in [0.1, 0.15) is 40.6 Å². The Hall–Kier alpha value is -4.74. The van der Waals surface area contributed by atoms with Crippen molar-refractivity contribution in [2.75, 3.05) is 38.3 Å². The fourth-order valence-electron chi connectivity index (χ4n) is 8.62. The molecule has 3 aliphatic rings. The SMILES string of the molecule is C#Cc1c(F)ccc2cc(O)cc(-c3nc(OC)c4c(N5CC(CC)NC(CCC(=O)C(C)(F)F)C5)nc(OCC56CCCN5[C@@H](C)CC6)nc4c3F)c12. The minimum Gasteiger partial charge on any atom is -0.508 e. The van der Waals surface area contributed by atoms with Crippen molar-refractivity contribution in [1.29, 1.82) is 0 Å². The van der Waals surface area contributed by atoms with E-state index in [0.29, 0.717) is 31.3 Å². The number of carbonyl (C=O) groups is 1. The van der Waals surface area contributed by atoms with Gasteiger partial charge in [-0.2, -0.15) is 18.7 Å². The molecule has 0 spiro atoms. The van der Waals surface area contributed by atoms with Gasteiger partial charge < -0.3 is 24.8 Å². The maximum absolute atomic E-state index is 17.3. The van der Waals surface area contributed by atoms with Gasteiger partial charge in [0, 0.05) is 55.5 Å². The zero-order chi connectivity index (χ0) is 38.5. The number of piperazine rings is 1. The molecule has 54 heavy (non-hydrogen) atoms. The summed E-state index contributed by atoms with van der Waals surface area (Å²) in [6.07, 6.45) is 10.2. The molecule has 3 unspecified atom stereocenters. The average Bonchev–Trinajstić information content (AvgIpc) is 3.71. The third-order valence-electron chi connectivity index (χ3n) is 11.4. The number of benzene rings is 2. The van der Waals surface area contributed by atoms with Crippen molar-refractivity contribution in [2.24, 2.45) is 0 Å². The van der Waals surface area contributed by atoms with Crippen LogP contribution in [0.2, 0.25) is 0 Å². The molecule has 5 heterocycles. The number of phenolic OH excluding ortho intramolecular Hbond substituents is 1. The lowest BCUT2D eigenvalue weighted by atomic mass is 9.95. The molecular weight excluding hydrogens is 704 g/mol. The van der Waals surface area contributed by atoms with Crippen LogP contribution in [0.3, 0.4) is 0 Å². The molecule has 0 aliphatic carbocycles. The van der Waals surface area contributed by atoms with Crippen molar-refractivity contribution < 1.29 is 36.9 Å². The summed E-state index contributed by atoms with van der Waals surface area (Å²) in [6.45, 7) is 6.68. The monoisotopic (exact) mass is 748 g/mol. The van der Waals surface area contributed by atoms with E-state index in [1.807, 2.05) is 11.8 Å². The summed E-state index contributed by atoms with van der Waals surface area (Å²) in [5, 5.41) is 14.8. The van der Waals surface area contributed by atoms with Crippen molar-refractivity contribution in [3.8, 4) is 41.2 Å². The summed E-state index contributed by atoms with van der Waals surface area (Å²) in [4.78, 5) is 30.6. The van der Waals surface area contributed by atoms with Gasteiger partial charge in [-0.1, -0.05) is 18.9 Å². The Labute approximate surface area is 311 Å². The van der Waals surface area contributed by atoms with E-state index in [2.05, 4.69) is 33.0 Å². The predicted octanol–water partition coefficient (Wildman–Crippen LogP) is 6.78. The standard InChI is InChI=1S/C40H44F4N6O4/c1-6-24-19-49(20-25(45-24)10-12-30(52)39(4,43)44)36-32-35(47-38(48-36)54-21-40-14-8-16-50(40)22(3)13-15-40)33(42)34(46-37(32)53-5)28-18-26(51)17-23-9-11-29(41)27(7-2)31(23)28/h2,9,11,17-18,22,24-25,45,51H,6,8,10,12-16,19-21H2,1,3-5H3/t22-,24?,25?,40?/m0/s1. The van der Waals surface area contributed by atoms with Gasteiger partial charge in [0.2, 0.25) is 11.7 Å². The quantitative estimate of drug-likeness (QED) is 0.126. The number of anilines is 1. The number of hydrogen-bond donors (Lipinski definition) is 2. The highest BCUT2D eigenvalue weighted by Crippen LogP contribution is 2.44. The molecule has 2 aromatic heterocycles. The number of hydrogen-bond acceptors (Lipinski definition) is 10. The number of methoxy groups -OCH3 is 1. The van der Waals surface area contributed by atoms with E-state index >= 15 is 8.78 Å². The topological polar surface area (TPSA) is 113 Å². The van der Waals surface area contributed by atoms with Gasteiger partial charge in [0.25, 0.3) is 0 Å². The van der Waals surface area contributed by atoms with Crippen LogP contribution in [0.15, 0.2) is 24.3 Å². The number of nitrogens with one attached hydrogen (secondary N) is 1. The van der Waals surface area contributed by atoms with E-state index in [1.54, 1.807) is 0 Å². The highest BCUT2D eigenvalue weighted by atomic mass is 19.3. The summed E-state index contributed by atoms with van der Waals surface area (Å²) in [7, 11) is 1.37. The number of pyridine rings is 1. The maximum atomic E-state index is 17.3. The van der Waals surface area contributed by atoms with Crippen LogP contribution in [0.25, 0.3) is 32.9 Å². The first kappa shape index (κ1) is 37.6. The van der Waals surface area contributed by atoms with Gasteiger partial charge >= 0.3 is 11.9 Å². The Morgan fingerprint density at radius 1 is 1.15 bits per heavy atom. The summed E-state index contributed by atoms with van der Waals surface area (Å²) < 4.78 is 72.2. The average molecular weight is 749 g/mol. The van der Waals surface area contributed by atoms with Crippen LogP contribution in [-0.4, -0.2) is 93.7 Å². The maximum Gasteiger partial charge on any atom is 0.319 e. The second-order valence-electron chi connectivity index (χ2n) is 14.9. The van der Waals surface area contributed by atoms with Gasteiger partial charge in [-0.25, -0.2) is 13.8 Å². The Morgan fingerprint density at radius 3 is 2.65 bits per heavy atom. The molecule has 4 aromatic rings. The number of terminal acetylenes is 1. The van der Waals surface area contributed by atoms with Crippen molar-refractivity contribution in [2.45, 2.75) is 95.3 Å². The molecule has 14 heteroatoms. The highest BCUT2D eigenvalue weighted by molar-refractivity contribution is 6.04. The number of phenols is 1. The lowest BCUT2D eigenvalue weighted by Crippen LogP contribution is -2.57. The van der Waals surface area contributed by atoms with Crippen LogP contribution in [-0.2, 0) is 4.79 Å². The first-order valence-corrected chi connectivity index (χ1v) is 18.5. The van der Waals surface area contributed by atoms with E-state index in [-0.39, 0.29) is 100 Å². The first-order valence-electron chi connectivity index (χ1n) is 18.5. The van der Waals surface area contributed by atoms with Crippen molar-refractivity contribution in [3.63, 3.8) is 0 Å². The Morgan fingerprint density at radius 2 is 1.93 bits per heavy atom. The van der Waals surface area contributed by atoms with Gasteiger partial charge in [-0.3, -0.25) is 9.69 Å². The zero-order valence-electron chi connectivity index (χ0n) is 30.8. The van der Waals surface area contributed by atoms with E-state index in [0.717, 1.165) is 32.2 Å². The number of ketones is 1. The Balaban J connectivity index is 1.39. The molecule has 3 aliphatic heterocycles. The van der Waals surface area contributed by atoms with Crippen LogP contribution in [0, 0.1) is 24.0 Å². The molecule has 3 fully saturated rings. The van der Waals surface area contributed by atoms with Crippen LogP contribution >= 0.6 is 0 Å². The smallest absolute Gasteiger partial charge is 0.319 e. The molecule has 0 radical (unpaired) electrons. The van der Waals surface area contributed by atoms with Crippen LogP contribution < -0.4 is 19.7 Å². The van der Waals surface area contributed by atoms with E-state index in [9.17, 15) is 18.7 Å². The number of nitrogens with zero attached hydrogens (tertiary/aromatic N) is 5. The van der Waals surface area contributed by atoms with Gasteiger partial charge in [-0.15, -0.1) is 6.42 Å². The number of Topliss-reactive ketones (excluding diaryl/α,β-unsaturated/α-hetero) is 1. The lowest BCUT2D eigenvalue weighted by molar-refractivity contribution is -0.140. The molecule has 10 nitrogen and oxygen atoms in total. The lowest BCUT2D eigenvalue weighted by Gasteiger charge is -2.40. The largest absolute Gasteiger partial charge is 0.508 e. The number of fused-ring (bicyclic) bond motifs is 3. The summed E-state index contributed by atoms with van der Waals surface area (Å²) in [5.41, 5.74) is -0.764. The fraction of sp³-hybridized carbons (Fsp3) is 0.500. The molecule has 2 aromatic carbocycles. The second-order valence-corrected chi connectivity index (χ2v) is 14.9. The predicted molar refractivity (Wildman–Crippen MR) is 197 cm³/mol. The fourth-order valence-corrected chi connectivity index (χ4v) is 8.62. The summed E-state index contributed by atoms with van der Waals surface area (Å²) in [5.74, 6) is -3.84. The molecule has 286 valence electrons. The van der Waals surface area contributed by atoms with E-state index in [1.165, 1.54) is 31.4 Å². The van der Waals surface area contributed by atoms with Crippen molar-refractivity contribution in [3.05, 3.63) is 41.5 Å². The number of aromatic hydroxyl groups is 1. The van der Waals surface area contributed by atoms with Crippen molar-refractivity contribution in [1.82, 2.24) is 25.2 Å². The number of carbonyl (C=O) groups excluding carboxylic acids is 1. The van der Waals surface area contributed by atoms with E-state index < -0.39 is 23.3 Å². The molecule has 3 saturated heterocycles. The summed E-state index contributed by atoms with van der Waals surface area (Å²) >= 11 is 0. The molecule has 4 atom stereocenters. The number of aromatic nitrogens is 3. The van der Waals surface area contributed by atoms with Crippen molar-refractivity contribution >= 4 is 33.3 Å². The highest BCUT2D eigenvalue weighted by Gasteiger charge is 2.48. The number of halogens is 4. The first-order chi connectivity index (χ1) is 25.8. The van der Waals surface area contributed by atoms with E-state index in [4.69, 9.17) is 20.9 Å². The summed E-state index contributed by atoms with van der Waals surface area (Å²) in [6, 6.07) is 5.10. The van der Waals surface area contributed by atoms with Gasteiger partial charge in [-0.05, 0) is 75.6 Å². The number of alkyl halides is 2. The second kappa shape index (κ2) is 14.5. The molecule has 2 N–H and O–H groups in total. The molecule has 0 saturated carbocycles. The minimum absolute atomic E-state index is 0.0314. The normalized spacial score (nSPS) is 23.2. The molecular formula is C40H44F4N6O4. The van der Waals surface area contributed by atoms with Gasteiger partial charge in [0.15, 0.2) is 5.82 Å². The Kier molecular flexibility index (Phi) is 10.1. The van der Waals surface area contributed by atoms with Gasteiger partial charge in [0.05, 0.1) is 18.2 Å². The molecule has 0 bridgehead atoms. The third kappa shape index (κ3) is 6.77. The van der Waals surface area contributed by atoms with Crippen LogP contribution in [0.4, 0.5) is 23.4 Å². The third-order valence-corrected chi connectivity index (χ3v) is 11.4. The molecule has 0 amide bonds. The van der Waals surface area contributed by atoms with Crippen LogP contribution in [0.5, 0.6) is 17.6 Å². The number of ether oxygens (including phenoxy) is 2. The Bertz CT molecular complexity index is 2160. The number of rotatable bonds is 11. The minimum atomic E-state index is -3.44. The van der Waals surface area contributed by atoms with Crippen LogP contribution in [0.1, 0.15) is 71.3 Å². The zero-order valence-corrected chi connectivity index (χ0v) is 30.8.